The first kappa shape index (κ1) is 14.8. The van der Waals surface area contributed by atoms with Gasteiger partial charge in [-0.2, -0.15) is 0 Å². The third-order valence-corrected chi connectivity index (χ3v) is 2.89. The van der Waals surface area contributed by atoms with E-state index in [1.165, 1.54) is 0 Å². The SMILES string of the molecule is CCNCc1cc(Cl)ccc1Oc1cc(F)cc(F)c1. The molecule has 2 nitrogen and oxygen atoms in total. The van der Waals surface area contributed by atoms with Gasteiger partial charge in [0.05, 0.1) is 0 Å². The van der Waals surface area contributed by atoms with Gasteiger partial charge >= 0.3 is 0 Å². The van der Waals surface area contributed by atoms with Gasteiger partial charge in [0, 0.05) is 35.3 Å². The van der Waals surface area contributed by atoms with Gasteiger partial charge in [0.25, 0.3) is 0 Å². The van der Waals surface area contributed by atoms with Gasteiger partial charge in [-0.25, -0.2) is 8.78 Å². The number of rotatable bonds is 5. The molecule has 0 amide bonds. The summed E-state index contributed by atoms with van der Waals surface area (Å²) >= 11 is 5.95. The Hall–Kier alpha value is -1.65. The van der Waals surface area contributed by atoms with Gasteiger partial charge in [0.1, 0.15) is 23.1 Å². The number of ether oxygens (including phenoxy) is 1. The van der Waals surface area contributed by atoms with Crippen LogP contribution < -0.4 is 10.1 Å². The summed E-state index contributed by atoms with van der Waals surface area (Å²) in [4.78, 5) is 0. The van der Waals surface area contributed by atoms with Crippen molar-refractivity contribution in [3.63, 3.8) is 0 Å². The van der Waals surface area contributed by atoms with Crippen molar-refractivity contribution in [2.24, 2.45) is 0 Å². The largest absolute Gasteiger partial charge is 0.457 e. The van der Waals surface area contributed by atoms with Crippen molar-refractivity contribution >= 4 is 11.6 Å². The quantitative estimate of drug-likeness (QED) is 0.876. The lowest BCUT2D eigenvalue weighted by Crippen LogP contribution is -2.12. The van der Waals surface area contributed by atoms with Crippen LogP contribution in [0.2, 0.25) is 5.02 Å². The predicted octanol–water partition coefficient (Wildman–Crippen LogP) is 4.52. The maximum Gasteiger partial charge on any atom is 0.133 e. The Kier molecular flexibility index (Phi) is 4.93. The molecule has 0 aliphatic heterocycles. The fraction of sp³-hybridized carbons (Fsp3) is 0.200. The van der Waals surface area contributed by atoms with E-state index in [9.17, 15) is 8.78 Å². The van der Waals surface area contributed by atoms with Crippen molar-refractivity contribution < 1.29 is 13.5 Å². The molecule has 0 atom stereocenters. The van der Waals surface area contributed by atoms with Crippen molar-refractivity contribution in [1.82, 2.24) is 5.32 Å². The van der Waals surface area contributed by atoms with Crippen LogP contribution in [0.1, 0.15) is 12.5 Å². The minimum atomic E-state index is -0.679. The average molecular weight is 298 g/mol. The third-order valence-electron chi connectivity index (χ3n) is 2.65. The Labute approximate surface area is 121 Å². The summed E-state index contributed by atoms with van der Waals surface area (Å²) in [7, 11) is 0. The van der Waals surface area contributed by atoms with Crippen molar-refractivity contribution in [2.75, 3.05) is 6.54 Å². The van der Waals surface area contributed by atoms with Crippen molar-refractivity contribution in [2.45, 2.75) is 13.5 Å². The smallest absolute Gasteiger partial charge is 0.133 e. The van der Waals surface area contributed by atoms with E-state index < -0.39 is 11.6 Å². The van der Waals surface area contributed by atoms with E-state index in [4.69, 9.17) is 16.3 Å². The number of hydrogen-bond acceptors (Lipinski definition) is 2. The highest BCUT2D eigenvalue weighted by Gasteiger charge is 2.08. The Balaban J connectivity index is 2.27. The van der Waals surface area contributed by atoms with Gasteiger partial charge in [-0.1, -0.05) is 18.5 Å². The molecule has 0 radical (unpaired) electrons. The molecular formula is C15H14ClF2NO. The summed E-state index contributed by atoms with van der Waals surface area (Å²) in [6, 6.07) is 8.17. The molecule has 106 valence electrons. The van der Waals surface area contributed by atoms with Crippen molar-refractivity contribution in [1.29, 1.82) is 0 Å². The monoisotopic (exact) mass is 297 g/mol. The van der Waals surface area contributed by atoms with Crippen molar-refractivity contribution in [3.05, 3.63) is 58.6 Å². The van der Waals surface area contributed by atoms with E-state index in [-0.39, 0.29) is 5.75 Å². The maximum atomic E-state index is 13.1. The summed E-state index contributed by atoms with van der Waals surface area (Å²) in [6.07, 6.45) is 0. The highest BCUT2D eigenvalue weighted by atomic mass is 35.5. The Bertz CT molecular complexity index is 584. The minimum Gasteiger partial charge on any atom is -0.457 e. The van der Waals surface area contributed by atoms with Crippen LogP contribution in [0.3, 0.4) is 0 Å². The summed E-state index contributed by atoms with van der Waals surface area (Å²) < 4.78 is 31.8. The van der Waals surface area contributed by atoms with Gasteiger partial charge in [-0.15, -0.1) is 0 Å². The second-order valence-corrected chi connectivity index (χ2v) is 4.68. The van der Waals surface area contributed by atoms with Crippen LogP contribution in [-0.2, 0) is 6.54 Å². The van der Waals surface area contributed by atoms with Crippen LogP contribution in [0.5, 0.6) is 11.5 Å². The number of benzene rings is 2. The van der Waals surface area contributed by atoms with E-state index in [0.29, 0.717) is 17.3 Å². The van der Waals surface area contributed by atoms with E-state index in [1.54, 1.807) is 18.2 Å². The zero-order valence-electron chi connectivity index (χ0n) is 10.9. The van der Waals surface area contributed by atoms with E-state index in [1.807, 2.05) is 6.92 Å². The molecule has 0 spiro atoms. The molecule has 20 heavy (non-hydrogen) atoms. The number of halogens is 3. The second kappa shape index (κ2) is 6.68. The average Bonchev–Trinajstić information content (AvgIpc) is 2.38. The van der Waals surface area contributed by atoms with Crippen LogP contribution in [0.15, 0.2) is 36.4 Å². The molecule has 0 heterocycles. The van der Waals surface area contributed by atoms with Gasteiger partial charge in [-0.05, 0) is 24.7 Å². The van der Waals surface area contributed by atoms with Gasteiger partial charge in [0.15, 0.2) is 0 Å². The molecule has 0 unspecified atom stereocenters. The number of nitrogens with one attached hydrogen (secondary N) is 1. The highest BCUT2D eigenvalue weighted by Crippen LogP contribution is 2.28. The van der Waals surface area contributed by atoms with E-state index >= 15 is 0 Å². The van der Waals surface area contributed by atoms with Crippen molar-refractivity contribution in [3.8, 4) is 11.5 Å². The Morgan fingerprint density at radius 1 is 1.10 bits per heavy atom. The molecule has 0 saturated heterocycles. The normalized spacial score (nSPS) is 10.6. The Morgan fingerprint density at radius 3 is 2.45 bits per heavy atom. The maximum absolute atomic E-state index is 13.1. The standard InChI is InChI=1S/C15H14ClF2NO/c1-2-19-9-10-5-11(16)3-4-15(10)20-14-7-12(17)6-13(18)8-14/h3-8,19H,2,9H2,1H3. The van der Waals surface area contributed by atoms with Crippen LogP contribution >= 0.6 is 11.6 Å². The molecule has 0 aliphatic carbocycles. The molecule has 2 aromatic carbocycles. The molecular weight excluding hydrogens is 284 g/mol. The van der Waals surface area contributed by atoms with Gasteiger partial charge in [-0.3, -0.25) is 0 Å². The zero-order chi connectivity index (χ0) is 14.5. The fourth-order valence-electron chi connectivity index (χ4n) is 1.76. The number of hydrogen-bond donors (Lipinski definition) is 1. The third kappa shape index (κ3) is 3.92. The first-order valence-corrected chi connectivity index (χ1v) is 6.59. The summed E-state index contributed by atoms with van der Waals surface area (Å²) in [5.74, 6) is -0.729. The molecule has 0 aromatic heterocycles. The molecule has 0 bridgehead atoms. The fourth-order valence-corrected chi connectivity index (χ4v) is 1.95. The summed E-state index contributed by atoms with van der Waals surface area (Å²) in [6.45, 7) is 3.33. The molecule has 2 aromatic rings. The second-order valence-electron chi connectivity index (χ2n) is 4.24. The molecule has 0 aliphatic rings. The van der Waals surface area contributed by atoms with E-state index in [0.717, 1.165) is 30.3 Å². The molecule has 0 saturated carbocycles. The lowest BCUT2D eigenvalue weighted by molar-refractivity contribution is 0.460. The molecule has 5 heteroatoms. The molecule has 1 N–H and O–H groups in total. The topological polar surface area (TPSA) is 21.3 Å². The van der Waals surface area contributed by atoms with Crippen LogP contribution in [0, 0.1) is 11.6 Å². The van der Waals surface area contributed by atoms with Gasteiger partial charge < -0.3 is 10.1 Å². The van der Waals surface area contributed by atoms with Crippen LogP contribution in [-0.4, -0.2) is 6.54 Å². The highest BCUT2D eigenvalue weighted by molar-refractivity contribution is 6.30. The first-order chi connectivity index (χ1) is 9.58. The van der Waals surface area contributed by atoms with Gasteiger partial charge in [0.2, 0.25) is 0 Å². The van der Waals surface area contributed by atoms with Crippen LogP contribution in [0.4, 0.5) is 8.78 Å². The lowest BCUT2D eigenvalue weighted by atomic mass is 10.2. The minimum absolute atomic E-state index is 0.113. The predicted molar refractivity (Wildman–Crippen MR) is 75.3 cm³/mol. The van der Waals surface area contributed by atoms with E-state index in [2.05, 4.69) is 5.32 Å². The summed E-state index contributed by atoms with van der Waals surface area (Å²) in [5.41, 5.74) is 0.823. The first-order valence-electron chi connectivity index (χ1n) is 6.21. The molecule has 0 fully saturated rings. The lowest BCUT2D eigenvalue weighted by Gasteiger charge is -2.12. The Morgan fingerprint density at radius 2 is 1.80 bits per heavy atom. The molecule has 2 rings (SSSR count). The van der Waals surface area contributed by atoms with Crippen LogP contribution in [0.25, 0.3) is 0 Å². The summed E-state index contributed by atoms with van der Waals surface area (Å²) in [5, 5.41) is 3.73. The zero-order valence-corrected chi connectivity index (χ0v) is 11.7.